The summed E-state index contributed by atoms with van der Waals surface area (Å²) in [6.45, 7) is -0.829. The van der Waals surface area contributed by atoms with Gasteiger partial charge in [-0.1, -0.05) is 24.3 Å². The number of hydrazone groups is 1. The first-order valence-corrected chi connectivity index (χ1v) is 10.5. The molecule has 3 aromatic rings. The second-order valence-corrected chi connectivity index (χ2v) is 7.65. The molecule has 0 fully saturated rings. The molecule has 9 heteroatoms. The van der Waals surface area contributed by atoms with E-state index in [0.29, 0.717) is 17.7 Å². The molecule has 1 unspecified atom stereocenters. The highest BCUT2D eigenvalue weighted by molar-refractivity contribution is 7.12. The smallest absolute Gasteiger partial charge is 0.325 e. The quantitative estimate of drug-likeness (QED) is 0.573. The predicted octanol–water partition coefficient (Wildman–Crippen LogP) is 2.99. The van der Waals surface area contributed by atoms with Crippen LogP contribution in [0.1, 0.15) is 33.5 Å². The molecule has 31 heavy (non-hydrogen) atoms. The number of hydrogen-bond acceptors (Lipinski definition) is 7. The Labute approximate surface area is 182 Å². The summed E-state index contributed by atoms with van der Waals surface area (Å²) in [5.41, 5.74) is 1.20. The molecule has 158 valence electrons. The Hall–Kier alpha value is -3.72. The maximum absolute atomic E-state index is 12.7. The van der Waals surface area contributed by atoms with Crippen LogP contribution >= 0.6 is 11.3 Å². The van der Waals surface area contributed by atoms with Crippen molar-refractivity contribution in [2.24, 2.45) is 5.10 Å². The van der Waals surface area contributed by atoms with E-state index in [1.54, 1.807) is 42.5 Å². The van der Waals surface area contributed by atoms with Crippen LogP contribution in [0.15, 0.2) is 75.8 Å². The van der Waals surface area contributed by atoms with Crippen LogP contribution in [0.3, 0.4) is 0 Å². The highest BCUT2D eigenvalue weighted by atomic mass is 32.1. The molecular formula is C22H19N3O5S. The predicted molar refractivity (Wildman–Crippen MR) is 114 cm³/mol. The number of amides is 2. The molecule has 4 rings (SSSR count). The van der Waals surface area contributed by atoms with E-state index in [0.717, 1.165) is 10.6 Å². The standard InChI is InChI=1S/C22H19N3O5S/c26-20(14-30-21(27)13-23-22(28)15-6-2-1-3-7-15)25-17(18-8-4-10-29-18)12-16(24-25)19-9-5-11-31-19/h1-11,17H,12-14H2,(H,23,28). The SMILES string of the molecule is O=C(CNC(=O)c1ccccc1)OCC(=O)N1N=C(c2cccs2)CC1c1ccco1. The van der Waals surface area contributed by atoms with Crippen LogP contribution < -0.4 is 5.32 Å². The van der Waals surface area contributed by atoms with Crippen LogP contribution in [0.2, 0.25) is 0 Å². The van der Waals surface area contributed by atoms with Gasteiger partial charge in [-0.2, -0.15) is 5.10 Å². The number of rotatable bonds is 7. The Bertz CT molecular complexity index is 1080. The van der Waals surface area contributed by atoms with Crippen molar-refractivity contribution >= 4 is 34.8 Å². The zero-order valence-corrected chi connectivity index (χ0v) is 17.2. The maximum Gasteiger partial charge on any atom is 0.325 e. The van der Waals surface area contributed by atoms with Crippen LogP contribution in [-0.2, 0) is 14.3 Å². The fourth-order valence-corrected chi connectivity index (χ4v) is 3.86. The van der Waals surface area contributed by atoms with E-state index in [4.69, 9.17) is 9.15 Å². The molecule has 3 heterocycles. The zero-order valence-electron chi connectivity index (χ0n) is 16.4. The summed E-state index contributed by atoms with van der Waals surface area (Å²) in [5.74, 6) is -0.985. The van der Waals surface area contributed by atoms with Crippen molar-refractivity contribution in [3.8, 4) is 0 Å². The summed E-state index contributed by atoms with van der Waals surface area (Å²) >= 11 is 1.53. The normalized spacial score (nSPS) is 15.4. The van der Waals surface area contributed by atoms with Crippen LogP contribution in [0.25, 0.3) is 0 Å². The molecular weight excluding hydrogens is 418 g/mol. The number of ether oxygens (including phenoxy) is 1. The first kappa shape index (κ1) is 20.5. The fraction of sp³-hybridized carbons (Fsp3) is 0.182. The van der Waals surface area contributed by atoms with Crippen molar-refractivity contribution in [2.45, 2.75) is 12.5 Å². The van der Waals surface area contributed by atoms with Gasteiger partial charge >= 0.3 is 5.97 Å². The van der Waals surface area contributed by atoms with Gasteiger partial charge in [-0.15, -0.1) is 11.3 Å². The second kappa shape index (κ2) is 9.40. The Kier molecular flexibility index (Phi) is 6.23. The van der Waals surface area contributed by atoms with E-state index in [2.05, 4.69) is 10.4 Å². The minimum Gasteiger partial charge on any atom is -0.467 e. The zero-order chi connectivity index (χ0) is 21.6. The third-order valence-electron chi connectivity index (χ3n) is 4.63. The van der Waals surface area contributed by atoms with Crippen molar-refractivity contribution in [3.63, 3.8) is 0 Å². The van der Waals surface area contributed by atoms with E-state index in [-0.39, 0.29) is 6.54 Å². The number of carbonyl (C=O) groups is 3. The van der Waals surface area contributed by atoms with Crippen molar-refractivity contribution in [2.75, 3.05) is 13.2 Å². The minimum atomic E-state index is -0.714. The molecule has 2 aromatic heterocycles. The maximum atomic E-state index is 12.7. The topological polar surface area (TPSA) is 101 Å². The molecule has 1 aromatic carbocycles. The van der Waals surface area contributed by atoms with Gasteiger partial charge in [0.05, 0.1) is 16.9 Å². The van der Waals surface area contributed by atoms with Crippen molar-refractivity contribution < 1.29 is 23.5 Å². The summed E-state index contributed by atoms with van der Waals surface area (Å²) in [7, 11) is 0. The molecule has 1 aliphatic rings. The molecule has 0 bridgehead atoms. The van der Waals surface area contributed by atoms with E-state index < -0.39 is 30.4 Å². The van der Waals surface area contributed by atoms with Gasteiger partial charge in [0, 0.05) is 12.0 Å². The molecule has 0 saturated heterocycles. The lowest BCUT2D eigenvalue weighted by molar-refractivity contribution is -0.152. The van der Waals surface area contributed by atoms with Crippen molar-refractivity contribution in [3.05, 3.63) is 82.4 Å². The number of hydrogen-bond donors (Lipinski definition) is 1. The van der Waals surface area contributed by atoms with Gasteiger partial charge in [-0.05, 0) is 35.7 Å². The summed E-state index contributed by atoms with van der Waals surface area (Å²) in [6.07, 6.45) is 2.04. The molecule has 1 N–H and O–H groups in total. The number of esters is 1. The number of nitrogens with zero attached hydrogens (tertiary/aromatic N) is 2. The molecule has 0 saturated carbocycles. The third-order valence-corrected chi connectivity index (χ3v) is 5.55. The van der Waals surface area contributed by atoms with Gasteiger partial charge in [-0.25, -0.2) is 5.01 Å². The van der Waals surface area contributed by atoms with Crippen LogP contribution in [0.5, 0.6) is 0 Å². The van der Waals surface area contributed by atoms with E-state index in [1.807, 2.05) is 17.5 Å². The highest BCUT2D eigenvalue weighted by Gasteiger charge is 2.35. The van der Waals surface area contributed by atoms with E-state index in [1.165, 1.54) is 22.6 Å². The summed E-state index contributed by atoms with van der Waals surface area (Å²) in [4.78, 5) is 37.7. The number of carbonyl (C=O) groups excluding carboxylic acids is 3. The first-order valence-electron chi connectivity index (χ1n) is 9.57. The summed E-state index contributed by atoms with van der Waals surface area (Å²) in [6, 6.07) is 15.5. The van der Waals surface area contributed by atoms with Gasteiger partial charge in [0.15, 0.2) is 6.61 Å². The second-order valence-electron chi connectivity index (χ2n) is 6.71. The third kappa shape index (κ3) is 4.89. The number of furan rings is 1. The summed E-state index contributed by atoms with van der Waals surface area (Å²) < 4.78 is 10.5. The Balaban J connectivity index is 1.35. The molecule has 0 spiro atoms. The van der Waals surface area contributed by atoms with Gasteiger partial charge in [-0.3, -0.25) is 14.4 Å². The lowest BCUT2D eigenvalue weighted by atomic mass is 10.1. The van der Waals surface area contributed by atoms with Crippen LogP contribution in [0, 0.1) is 0 Å². The monoisotopic (exact) mass is 437 g/mol. The highest BCUT2D eigenvalue weighted by Crippen LogP contribution is 2.33. The largest absolute Gasteiger partial charge is 0.467 e. The van der Waals surface area contributed by atoms with Crippen molar-refractivity contribution in [1.82, 2.24) is 10.3 Å². The van der Waals surface area contributed by atoms with Gasteiger partial charge in [0.2, 0.25) is 0 Å². The summed E-state index contributed by atoms with van der Waals surface area (Å²) in [5, 5.41) is 10.2. The Morgan fingerprint density at radius 2 is 1.97 bits per heavy atom. The average Bonchev–Trinajstić information content (AvgIpc) is 3.56. The molecule has 2 amide bonds. The van der Waals surface area contributed by atoms with Crippen LogP contribution in [0.4, 0.5) is 0 Å². The number of benzene rings is 1. The van der Waals surface area contributed by atoms with Gasteiger partial charge in [0.25, 0.3) is 11.8 Å². The van der Waals surface area contributed by atoms with Crippen molar-refractivity contribution in [1.29, 1.82) is 0 Å². The minimum absolute atomic E-state index is 0.341. The van der Waals surface area contributed by atoms with E-state index >= 15 is 0 Å². The molecule has 0 radical (unpaired) electrons. The van der Waals surface area contributed by atoms with Gasteiger partial charge in [0.1, 0.15) is 18.3 Å². The number of thiophene rings is 1. The molecule has 0 aliphatic carbocycles. The lowest BCUT2D eigenvalue weighted by Crippen LogP contribution is -2.34. The Morgan fingerprint density at radius 3 is 2.68 bits per heavy atom. The van der Waals surface area contributed by atoms with Crippen LogP contribution in [-0.4, -0.2) is 41.7 Å². The number of nitrogens with one attached hydrogen (secondary N) is 1. The fourth-order valence-electron chi connectivity index (χ4n) is 3.14. The average molecular weight is 437 g/mol. The van der Waals surface area contributed by atoms with E-state index in [9.17, 15) is 14.4 Å². The Morgan fingerprint density at radius 1 is 1.13 bits per heavy atom. The lowest BCUT2D eigenvalue weighted by Gasteiger charge is -2.19. The van der Waals surface area contributed by atoms with Gasteiger partial charge < -0.3 is 14.5 Å². The molecule has 1 atom stereocenters. The molecule has 8 nitrogen and oxygen atoms in total. The first-order chi connectivity index (χ1) is 15.1. The molecule has 1 aliphatic heterocycles.